The van der Waals surface area contributed by atoms with Crippen LogP contribution < -0.4 is 0 Å². The molecule has 142 valence electrons. The van der Waals surface area contributed by atoms with Gasteiger partial charge < -0.3 is 0 Å². The molecule has 1 aliphatic rings. The largest absolute Gasteiger partial charge is 0.437 e. The molecular weight excluding hydrogens is 378 g/mol. The van der Waals surface area contributed by atoms with Gasteiger partial charge in [0.1, 0.15) is 0 Å². The SMILES string of the molecule is CN(C)N1C(C(F)(F)F)(C(F)(F)F)C=NC1(C(F)(F)F)C(F)(F)F. The van der Waals surface area contributed by atoms with E-state index in [9.17, 15) is 52.7 Å². The van der Waals surface area contributed by atoms with Crippen LogP contribution in [0, 0.1) is 0 Å². The Labute approximate surface area is 125 Å². The Balaban J connectivity index is 3.94. The molecule has 15 heteroatoms. The molecule has 0 saturated carbocycles. The number of hydrazine groups is 1. The minimum Gasteiger partial charge on any atom is -0.254 e. The molecule has 0 radical (unpaired) electrons. The number of aliphatic imine (C=N–C) groups is 1. The lowest BCUT2D eigenvalue weighted by Gasteiger charge is -2.49. The van der Waals surface area contributed by atoms with Gasteiger partial charge in [-0.25, -0.2) is 5.01 Å². The van der Waals surface area contributed by atoms with Gasteiger partial charge in [0.05, 0.1) is 0 Å². The Kier molecular flexibility index (Phi) is 4.44. The molecule has 0 spiro atoms. The molecule has 1 heterocycles. The van der Waals surface area contributed by atoms with Gasteiger partial charge >= 0.3 is 30.4 Å². The summed E-state index contributed by atoms with van der Waals surface area (Å²) in [7, 11) is 0.347. The van der Waals surface area contributed by atoms with Gasteiger partial charge in [-0.3, -0.25) is 4.99 Å². The predicted molar refractivity (Wildman–Crippen MR) is 53.7 cm³/mol. The first-order chi connectivity index (χ1) is 10.3. The molecule has 0 fully saturated rings. The molecule has 0 aromatic heterocycles. The molecule has 0 N–H and O–H groups in total. The van der Waals surface area contributed by atoms with Crippen molar-refractivity contribution in [2.24, 2.45) is 4.99 Å². The average molecular weight is 385 g/mol. The van der Waals surface area contributed by atoms with Crippen molar-refractivity contribution in [3.8, 4) is 0 Å². The second kappa shape index (κ2) is 5.12. The highest BCUT2D eigenvalue weighted by atomic mass is 19.4. The molecule has 3 nitrogen and oxygen atoms in total. The second-order valence-corrected chi connectivity index (χ2v) is 4.85. The van der Waals surface area contributed by atoms with Gasteiger partial charge in [-0.1, -0.05) is 0 Å². The van der Waals surface area contributed by atoms with Gasteiger partial charge in [0, 0.05) is 20.3 Å². The van der Waals surface area contributed by atoms with E-state index < -0.39 is 52.1 Å². The Hall–Kier alpha value is -1.25. The summed E-state index contributed by atoms with van der Waals surface area (Å²) >= 11 is 0. The third-order valence-corrected chi connectivity index (χ3v) is 3.13. The number of nitrogens with zero attached hydrogens (tertiary/aromatic N) is 3. The molecule has 0 atom stereocenters. The highest BCUT2D eigenvalue weighted by Gasteiger charge is 2.88. The quantitative estimate of drug-likeness (QED) is 0.644. The van der Waals surface area contributed by atoms with Crippen LogP contribution in [0.4, 0.5) is 52.7 Å². The van der Waals surface area contributed by atoms with Crippen molar-refractivity contribution in [2.45, 2.75) is 35.9 Å². The third-order valence-electron chi connectivity index (χ3n) is 3.13. The van der Waals surface area contributed by atoms with Crippen LogP contribution in [-0.2, 0) is 0 Å². The molecule has 0 saturated heterocycles. The maximum absolute atomic E-state index is 13.0. The second-order valence-electron chi connectivity index (χ2n) is 4.85. The van der Waals surface area contributed by atoms with Crippen LogP contribution in [0.15, 0.2) is 4.99 Å². The van der Waals surface area contributed by atoms with E-state index in [0.717, 1.165) is 0 Å². The highest BCUT2D eigenvalue weighted by molar-refractivity contribution is 5.77. The summed E-state index contributed by atoms with van der Waals surface area (Å²) in [5, 5.41) is -2.49. The summed E-state index contributed by atoms with van der Waals surface area (Å²) in [5.74, 6) is 0. The standard InChI is InChI=1S/C9H7F12N3/c1-23(2)24-4(6(10,11)12,7(13,14)15)3-22-5(24,8(16,17)18)9(19,20)21/h3H,1-2H3. The maximum Gasteiger partial charge on any atom is 0.437 e. The van der Waals surface area contributed by atoms with Crippen molar-refractivity contribution >= 4 is 6.21 Å². The Morgan fingerprint density at radius 3 is 1.25 bits per heavy atom. The van der Waals surface area contributed by atoms with Gasteiger partial charge in [-0.05, 0) is 0 Å². The van der Waals surface area contributed by atoms with E-state index in [-0.39, 0.29) is 14.1 Å². The van der Waals surface area contributed by atoms with Gasteiger partial charge in [0.25, 0.3) is 5.54 Å². The van der Waals surface area contributed by atoms with E-state index >= 15 is 0 Å². The van der Waals surface area contributed by atoms with Gasteiger partial charge in [-0.15, -0.1) is 0 Å². The zero-order valence-corrected chi connectivity index (χ0v) is 11.5. The zero-order valence-electron chi connectivity index (χ0n) is 11.5. The Morgan fingerprint density at radius 2 is 1.04 bits per heavy atom. The smallest absolute Gasteiger partial charge is 0.254 e. The van der Waals surface area contributed by atoms with E-state index in [1.165, 1.54) is 0 Å². The molecule has 0 aliphatic carbocycles. The number of hydrogen-bond acceptors (Lipinski definition) is 3. The maximum atomic E-state index is 13.0. The van der Waals surface area contributed by atoms with Crippen LogP contribution in [-0.4, -0.2) is 66.2 Å². The summed E-state index contributed by atoms with van der Waals surface area (Å²) in [6.07, 6.45) is -27.9. The topological polar surface area (TPSA) is 18.8 Å². The number of halogens is 12. The summed E-state index contributed by atoms with van der Waals surface area (Å²) in [6, 6.07) is 0. The fraction of sp³-hybridized carbons (Fsp3) is 0.889. The molecule has 1 rings (SSSR count). The summed E-state index contributed by atoms with van der Waals surface area (Å²) in [4.78, 5) is 1.67. The van der Waals surface area contributed by atoms with Gasteiger partial charge in [-0.2, -0.15) is 57.7 Å². The number of hydrogen-bond donors (Lipinski definition) is 0. The molecule has 0 aromatic rings. The minimum atomic E-state index is -6.63. The molecule has 0 bridgehead atoms. The molecule has 24 heavy (non-hydrogen) atoms. The monoisotopic (exact) mass is 385 g/mol. The van der Waals surface area contributed by atoms with E-state index in [1.807, 2.05) is 0 Å². The van der Waals surface area contributed by atoms with Crippen molar-refractivity contribution in [3.63, 3.8) is 0 Å². The lowest BCUT2D eigenvalue weighted by atomic mass is 9.97. The van der Waals surface area contributed by atoms with Crippen molar-refractivity contribution in [2.75, 3.05) is 14.1 Å². The first-order valence-electron chi connectivity index (χ1n) is 5.58. The van der Waals surface area contributed by atoms with Gasteiger partial charge in [0.2, 0.25) is 0 Å². The van der Waals surface area contributed by atoms with Crippen molar-refractivity contribution in [1.29, 1.82) is 0 Å². The lowest BCUT2D eigenvalue weighted by Crippen LogP contribution is -2.78. The van der Waals surface area contributed by atoms with E-state index in [0.29, 0.717) is 0 Å². The highest BCUT2D eigenvalue weighted by Crippen LogP contribution is 2.59. The van der Waals surface area contributed by atoms with Crippen LogP contribution in [0.25, 0.3) is 0 Å². The summed E-state index contributed by atoms with van der Waals surface area (Å²) < 4.78 is 156. The number of rotatable bonds is 1. The molecular formula is C9H7F12N3. The fourth-order valence-corrected chi connectivity index (χ4v) is 2.25. The Bertz CT molecular complexity index is 438. The molecule has 0 aromatic carbocycles. The zero-order chi connectivity index (χ0) is 19.6. The molecule has 0 amide bonds. The van der Waals surface area contributed by atoms with E-state index in [2.05, 4.69) is 0 Å². The minimum absolute atomic E-state index is 0.174. The summed E-state index contributed by atoms with van der Waals surface area (Å²) in [5.41, 5.74) is -11.4. The first-order valence-corrected chi connectivity index (χ1v) is 5.58. The third kappa shape index (κ3) is 2.43. The number of alkyl halides is 12. The van der Waals surface area contributed by atoms with Crippen LogP contribution >= 0.6 is 0 Å². The fourth-order valence-electron chi connectivity index (χ4n) is 2.25. The Morgan fingerprint density at radius 1 is 0.708 bits per heavy atom. The molecule has 0 unspecified atom stereocenters. The lowest BCUT2D eigenvalue weighted by molar-refractivity contribution is -0.414. The first kappa shape index (κ1) is 20.8. The average Bonchev–Trinajstić information content (AvgIpc) is 2.62. The predicted octanol–water partition coefficient (Wildman–Crippen LogP) is 3.53. The van der Waals surface area contributed by atoms with Crippen molar-refractivity contribution < 1.29 is 52.7 Å². The van der Waals surface area contributed by atoms with Gasteiger partial charge in [0.15, 0.2) is 0 Å². The van der Waals surface area contributed by atoms with Crippen LogP contribution in [0.3, 0.4) is 0 Å². The van der Waals surface area contributed by atoms with Crippen LogP contribution in [0.5, 0.6) is 0 Å². The normalized spacial score (nSPS) is 22.5. The van der Waals surface area contributed by atoms with Crippen molar-refractivity contribution in [3.05, 3.63) is 0 Å². The van der Waals surface area contributed by atoms with Crippen LogP contribution in [0.2, 0.25) is 0 Å². The van der Waals surface area contributed by atoms with Crippen molar-refractivity contribution in [1.82, 2.24) is 10.0 Å². The summed E-state index contributed by atoms with van der Waals surface area (Å²) in [6.45, 7) is 0. The van der Waals surface area contributed by atoms with Crippen LogP contribution in [0.1, 0.15) is 0 Å². The van der Waals surface area contributed by atoms with E-state index in [1.54, 1.807) is 4.99 Å². The van der Waals surface area contributed by atoms with E-state index in [4.69, 9.17) is 0 Å². The molecule has 1 aliphatic heterocycles.